The molecule has 8 rings (SSSR count). The zero-order chi connectivity index (χ0) is 41.4. The zero-order valence-corrected chi connectivity index (χ0v) is 34.0. The van der Waals surface area contributed by atoms with Crippen molar-refractivity contribution in [1.82, 2.24) is 29.6 Å². The van der Waals surface area contributed by atoms with E-state index in [0.29, 0.717) is 62.0 Å². The first-order valence-electron chi connectivity index (χ1n) is 21.1. The Morgan fingerprint density at radius 1 is 0.655 bits per heavy atom. The van der Waals surface area contributed by atoms with E-state index >= 15 is 0 Å². The lowest BCUT2D eigenvalue weighted by atomic mass is 9.88. The third-order valence-corrected chi connectivity index (χ3v) is 13.0. The predicted octanol–water partition coefficient (Wildman–Crippen LogP) is 2.62. The van der Waals surface area contributed by atoms with E-state index in [9.17, 15) is 39.0 Å². The van der Waals surface area contributed by atoms with Crippen LogP contribution in [0.3, 0.4) is 0 Å². The van der Waals surface area contributed by atoms with Gasteiger partial charge in [-0.2, -0.15) is 0 Å². The topological polar surface area (TPSA) is 183 Å². The molecule has 2 saturated heterocycles. The Hall–Kier alpha value is -4.82. The number of aliphatic hydroxyl groups excluding tert-OH is 2. The van der Waals surface area contributed by atoms with Gasteiger partial charge in [0.1, 0.15) is 12.1 Å². The average Bonchev–Trinajstić information content (AvgIpc) is 4.06. The highest BCUT2D eigenvalue weighted by Crippen LogP contribution is 2.51. The minimum absolute atomic E-state index is 0.0480. The average molecular weight is 799 g/mol. The van der Waals surface area contributed by atoms with E-state index in [1.807, 2.05) is 52.0 Å². The van der Waals surface area contributed by atoms with Gasteiger partial charge in [-0.1, -0.05) is 24.3 Å². The molecule has 0 unspecified atom stereocenters. The van der Waals surface area contributed by atoms with Crippen LogP contribution >= 0.6 is 0 Å². The molecule has 2 aromatic rings. The van der Waals surface area contributed by atoms with Crippen molar-refractivity contribution in [3.63, 3.8) is 0 Å². The third-order valence-electron chi connectivity index (χ3n) is 13.0. The van der Waals surface area contributed by atoms with Crippen LogP contribution in [-0.2, 0) is 32.3 Å². The first-order valence-corrected chi connectivity index (χ1v) is 21.1. The Bertz CT molecular complexity index is 1950. The lowest BCUT2D eigenvalue weighted by Crippen LogP contribution is -2.50. The van der Waals surface area contributed by atoms with Crippen LogP contribution in [-0.4, -0.2) is 91.2 Å². The fourth-order valence-electron chi connectivity index (χ4n) is 10.1. The molecule has 2 saturated carbocycles. The van der Waals surface area contributed by atoms with Crippen molar-refractivity contribution in [2.45, 2.75) is 103 Å². The lowest BCUT2D eigenvalue weighted by molar-refractivity contribution is -0.142. The number of nitrogens with zero attached hydrogens (tertiary/aromatic N) is 4. The summed E-state index contributed by atoms with van der Waals surface area (Å²) < 4.78 is 3.44. The summed E-state index contributed by atoms with van der Waals surface area (Å²) >= 11 is 0. The normalized spacial score (nSPS) is 27.9. The quantitative estimate of drug-likeness (QED) is 0.253. The van der Waals surface area contributed by atoms with E-state index in [1.54, 1.807) is 43.2 Å². The number of aliphatic hydroxyl groups is 2. The van der Waals surface area contributed by atoms with Crippen molar-refractivity contribution in [2.24, 2.45) is 35.5 Å². The molecule has 4 aliphatic heterocycles. The number of carbonyl (C=O) groups is 4. The molecule has 14 nitrogen and oxygen atoms in total. The Labute approximate surface area is 339 Å². The van der Waals surface area contributed by atoms with Crippen LogP contribution in [0.15, 0.2) is 46.0 Å². The van der Waals surface area contributed by atoms with E-state index in [0.717, 1.165) is 37.1 Å². The minimum atomic E-state index is -0.694. The van der Waals surface area contributed by atoms with Crippen LogP contribution in [0.1, 0.15) is 101 Å². The number of hydrogen-bond acceptors (Lipinski definition) is 8. The summed E-state index contributed by atoms with van der Waals surface area (Å²) in [6.07, 6.45) is 12.3. The second-order valence-electron chi connectivity index (χ2n) is 16.7. The molecule has 0 spiro atoms. The van der Waals surface area contributed by atoms with Gasteiger partial charge in [0.05, 0.1) is 12.1 Å². The smallest absolute Gasteiger partial charge is 0.258 e. The van der Waals surface area contributed by atoms with Gasteiger partial charge in [0, 0.05) is 98.4 Å². The van der Waals surface area contributed by atoms with Crippen molar-refractivity contribution in [3.05, 3.63) is 79.6 Å². The maximum Gasteiger partial charge on any atom is 0.258 e. The van der Waals surface area contributed by atoms with Gasteiger partial charge in [-0.3, -0.25) is 28.8 Å². The number of rotatable bonds is 12. The first kappa shape index (κ1) is 41.3. The predicted molar refractivity (Wildman–Crippen MR) is 218 cm³/mol. The van der Waals surface area contributed by atoms with Gasteiger partial charge in [0.15, 0.2) is 0 Å². The minimum Gasteiger partial charge on any atom is -0.396 e. The number of allylic oxidation sites excluding steroid dienone is 2. The van der Waals surface area contributed by atoms with Gasteiger partial charge in [0.2, 0.25) is 23.6 Å². The van der Waals surface area contributed by atoms with Crippen LogP contribution < -0.4 is 21.8 Å². The molecule has 14 heteroatoms. The lowest BCUT2D eigenvalue weighted by Gasteiger charge is -2.31. The molecule has 2 aromatic heterocycles. The largest absolute Gasteiger partial charge is 0.396 e. The Balaban J connectivity index is 0.000000177. The van der Waals surface area contributed by atoms with E-state index in [-0.39, 0.29) is 83.7 Å². The SMILES string of the molecule is C/C=C/c1ccc2n(c1=O)C[C@H]1[C@H](CO)[C@@H](C(=O)NCC)N(C(=O)CC3CC3)[C@@H]21.C/C=C\c1ccc2n(c1=O)C[C@H]1[C@H](CO)[C@@H](C(=O)NCC)N(C(=O)CC3CC3)[C@@H]21. The summed E-state index contributed by atoms with van der Waals surface area (Å²) in [6.45, 7) is 8.79. The molecule has 312 valence electrons. The number of amides is 4. The number of carbonyl (C=O) groups excluding carboxylic acids is 4. The van der Waals surface area contributed by atoms with Gasteiger partial charge in [-0.25, -0.2) is 0 Å². The summed E-state index contributed by atoms with van der Waals surface area (Å²) in [5.74, 6) is -0.823. The number of nitrogens with one attached hydrogen (secondary N) is 2. The second-order valence-corrected chi connectivity index (χ2v) is 16.7. The van der Waals surface area contributed by atoms with Crippen LogP contribution in [0.25, 0.3) is 12.2 Å². The molecular weight excluding hydrogens is 741 g/mol. The number of likely N-dealkylation sites (tertiary alicyclic amines) is 2. The van der Waals surface area contributed by atoms with Crippen LogP contribution in [0.4, 0.5) is 0 Å². The van der Waals surface area contributed by atoms with Crippen molar-refractivity contribution >= 4 is 35.8 Å². The monoisotopic (exact) mass is 798 g/mol. The van der Waals surface area contributed by atoms with E-state index in [2.05, 4.69) is 10.6 Å². The summed E-state index contributed by atoms with van der Waals surface area (Å²) in [5, 5.41) is 26.0. The summed E-state index contributed by atoms with van der Waals surface area (Å²) in [6, 6.07) is 5.28. The van der Waals surface area contributed by atoms with Gasteiger partial charge in [0.25, 0.3) is 11.1 Å². The molecule has 8 atom stereocenters. The fraction of sp³-hybridized carbons (Fsp3) is 0.591. The molecular formula is C44H58N6O8. The van der Waals surface area contributed by atoms with E-state index in [1.165, 1.54) is 0 Å². The van der Waals surface area contributed by atoms with Crippen molar-refractivity contribution < 1.29 is 29.4 Å². The number of likely N-dealkylation sites (N-methyl/N-ethyl adjacent to an activating group) is 2. The van der Waals surface area contributed by atoms with Crippen molar-refractivity contribution in [1.29, 1.82) is 0 Å². The van der Waals surface area contributed by atoms with Crippen molar-refractivity contribution in [2.75, 3.05) is 26.3 Å². The maximum atomic E-state index is 13.2. The number of hydrogen-bond donors (Lipinski definition) is 4. The summed E-state index contributed by atoms with van der Waals surface area (Å²) in [4.78, 5) is 81.5. The van der Waals surface area contributed by atoms with Crippen molar-refractivity contribution in [3.8, 4) is 0 Å². The highest BCUT2D eigenvalue weighted by atomic mass is 16.3. The van der Waals surface area contributed by atoms with E-state index in [4.69, 9.17) is 0 Å². The number of pyridine rings is 2. The molecule has 0 bridgehead atoms. The molecule has 0 radical (unpaired) electrons. The van der Waals surface area contributed by atoms with Gasteiger partial charge in [-0.05, 0) is 89.5 Å². The molecule has 4 N–H and O–H groups in total. The first-order chi connectivity index (χ1) is 28.0. The molecule has 2 aliphatic carbocycles. The molecule has 4 amide bonds. The Kier molecular flexibility index (Phi) is 12.3. The van der Waals surface area contributed by atoms with Crippen LogP contribution in [0.5, 0.6) is 0 Å². The molecule has 6 heterocycles. The molecule has 58 heavy (non-hydrogen) atoms. The number of aromatic nitrogens is 2. The maximum absolute atomic E-state index is 13.2. The van der Waals surface area contributed by atoms with Gasteiger partial charge < -0.3 is 39.8 Å². The van der Waals surface area contributed by atoms with Crippen LogP contribution in [0, 0.1) is 35.5 Å². The molecule has 0 aromatic carbocycles. The Morgan fingerprint density at radius 3 is 1.34 bits per heavy atom. The highest BCUT2D eigenvalue weighted by molar-refractivity contribution is 5.90. The zero-order valence-electron chi connectivity index (χ0n) is 34.0. The summed E-state index contributed by atoms with van der Waals surface area (Å²) in [7, 11) is 0. The van der Waals surface area contributed by atoms with Crippen LogP contribution in [0.2, 0.25) is 0 Å². The van der Waals surface area contributed by atoms with Gasteiger partial charge >= 0.3 is 0 Å². The second kappa shape index (κ2) is 17.2. The standard InChI is InChI=1S/2C22H29N3O4/c2*1-3-5-14-8-9-17-19-15(11-24(17)22(14)29)16(12-26)20(21(28)23-4-2)25(19)18(27)10-13-6-7-13/h2*3,5,8-9,13,15-16,19-20,26H,4,6-7,10-12H2,1-2H3,(H,23,28)/b5-3+;5-3-/t2*15-,16-,19+,20-/m00/s1. The molecule has 4 fully saturated rings. The fourth-order valence-corrected chi connectivity index (χ4v) is 10.1. The van der Waals surface area contributed by atoms with E-state index < -0.39 is 12.1 Å². The third kappa shape index (κ3) is 7.49. The van der Waals surface area contributed by atoms with Gasteiger partial charge in [-0.15, -0.1) is 0 Å². The highest BCUT2D eigenvalue weighted by Gasteiger charge is 2.59. The number of fused-ring (bicyclic) bond motifs is 6. The summed E-state index contributed by atoms with van der Waals surface area (Å²) in [5.41, 5.74) is 2.57. The molecule has 6 aliphatic rings. The Morgan fingerprint density at radius 2 is 1.03 bits per heavy atom.